The largest absolute Gasteiger partial charge is 0.381 e. The Hall–Kier alpha value is -1.14. The van der Waals surface area contributed by atoms with Crippen LogP contribution in [0.4, 0.5) is 5.82 Å². The molecule has 24 heavy (non-hydrogen) atoms. The van der Waals surface area contributed by atoms with Crippen LogP contribution in [0.15, 0.2) is 24.3 Å². The summed E-state index contributed by atoms with van der Waals surface area (Å²) in [5, 5.41) is 4.55. The minimum atomic E-state index is 0. The third-order valence-corrected chi connectivity index (χ3v) is 4.12. The van der Waals surface area contributed by atoms with E-state index in [2.05, 4.69) is 21.4 Å². The lowest BCUT2D eigenvalue weighted by atomic mass is 10.0. The highest BCUT2D eigenvalue weighted by Crippen LogP contribution is 2.21. The molecule has 5 nitrogen and oxygen atoms in total. The van der Waals surface area contributed by atoms with Crippen LogP contribution in [0.25, 0.3) is 10.9 Å². The van der Waals surface area contributed by atoms with Crippen molar-refractivity contribution in [3.8, 4) is 0 Å². The number of para-hydroxylation sites is 1. The average molecular weight is 373 g/mol. The van der Waals surface area contributed by atoms with Crippen molar-refractivity contribution in [2.24, 2.45) is 11.7 Å². The summed E-state index contributed by atoms with van der Waals surface area (Å²) in [5.41, 5.74) is 6.61. The third kappa shape index (κ3) is 5.45. The first-order valence-corrected chi connectivity index (χ1v) is 8.14. The summed E-state index contributed by atoms with van der Waals surface area (Å²) in [5.74, 6) is 2.47. The van der Waals surface area contributed by atoms with Crippen LogP contribution < -0.4 is 11.1 Å². The van der Waals surface area contributed by atoms with Crippen LogP contribution >= 0.6 is 24.8 Å². The highest BCUT2D eigenvalue weighted by atomic mass is 35.5. The second-order valence-electron chi connectivity index (χ2n) is 5.84. The summed E-state index contributed by atoms with van der Waals surface area (Å²) in [6.45, 7) is 3.35. The van der Waals surface area contributed by atoms with Gasteiger partial charge in [-0.2, -0.15) is 0 Å². The smallest absolute Gasteiger partial charge is 0.137 e. The summed E-state index contributed by atoms with van der Waals surface area (Å²) in [6.07, 6.45) is 4.26. The zero-order valence-corrected chi connectivity index (χ0v) is 15.4. The van der Waals surface area contributed by atoms with Gasteiger partial charge < -0.3 is 15.8 Å². The molecule has 3 rings (SSSR count). The van der Waals surface area contributed by atoms with Crippen LogP contribution in [-0.4, -0.2) is 36.3 Å². The Morgan fingerprint density at radius 3 is 2.79 bits per heavy atom. The summed E-state index contributed by atoms with van der Waals surface area (Å²) in [4.78, 5) is 9.20. The predicted molar refractivity (Wildman–Crippen MR) is 103 cm³/mol. The van der Waals surface area contributed by atoms with Crippen molar-refractivity contribution in [1.82, 2.24) is 9.97 Å². The van der Waals surface area contributed by atoms with Gasteiger partial charge in [-0.15, -0.1) is 24.8 Å². The Bertz CT molecular complexity index is 621. The van der Waals surface area contributed by atoms with Gasteiger partial charge >= 0.3 is 0 Å². The van der Waals surface area contributed by atoms with Crippen LogP contribution in [0.1, 0.15) is 25.1 Å². The van der Waals surface area contributed by atoms with Crippen molar-refractivity contribution in [1.29, 1.82) is 0 Å². The molecule has 1 aromatic carbocycles. The number of aromatic nitrogens is 2. The number of fused-ring (bicyclic) bond motifs is 1. The highest BCUT2D eigenvalue weighted by Gasteiger charge is 2.14. The number of rotatable bonds is 7. The summed E-state index contributed by atoms with van der Waals surface area (Å²) in [6, 6.07) is 8.12. The third-order valence-electron chi connectivity index (χ3n) is 4.12. The van der Waals surface area contributed by atoms with Crippen LogP contribution in [0.2, 0.25) is 0 Å². The number of anilines is 1. The van der Waals surface area contributed by atoms with E-state index < -0.39 is 0 Å². The monoisotopic (exact) mass is 372 g/mol. The van der Waals surface area contributed by atoms with Crippen LogP contribution in [0.5, 0.6) is 0 Å². The minimum absolute atomic E-state index is 0. The van der Waals surface area contributed by atoms with E-state index in [1.54, 1.807) is 0 Å². The SMILES string of the molecule is Cl.Cl.NCCc1nc(NCCCC2CCOC2)c2ccccc2n1. The highest BCUT2D eigenvalue weighted by molar-refractivity contribution is 5.89. The molecule has 1 aromatic heterocycles. The molecule has 1 atom stereocenters. The van der Waals surface area contributed by atoms with Crippen molar-refractivity contribution in [2.75, 3.05) is 31.6 Å². The molecule has 0 saturated carbocycles. The number of hydrogen-bond donors (Lipinski definition) is 2. The number of hydrogen-bond acceptors (Lipinski definition) is 5. The number of ether oxygens (including phenoxy) is 1. The lowest BCUT2D eigenvalue weighted by molar-refractivity contribution is 0.184. The number of nitrogens with two attached hydrogens (primary N) is 1. The number of benzene rings is 1. The van der Waals surface area contributed by atoms with Gasteiger partial charge in [-0.3, -0.25) is 0 Å². The molecule has 0 bridgehead atoms. The molecular formula is C17H26Cl2N4O. The maximum absolute atomic E-state index is 5.63. The number of halogens is 2. The van der Waals surface area contributed by atoms with E-state index in [-0.39, 0.29) is 24.8 Å². The average Bonchev–Trinajstić information content (AvgIpc) is 3.05. The van der Waals surface area contributed by atoms with Gasteiger partial charge in [-0.1, -0.05) is 12.1 Å². The fraction of sp³-hybridized carbons (Fsp3) is 0.529. The van der Waals surface area contributed by atoms with E-state index in [1.165, 1.54) is 12.8 Å². The van der Waals surface area contributed by atoms with Gasteiger partial charge in [0.05, 0.1) is 5.52 Å². The van der Waals surface area contributed by atoms with Gasteiger partial charge in [0, 0.05) is 31.6 Å². The lowest BCUT2D eigenvalue weighted by Crippen LogP contribution is -2.11. The number of nitrogens with zero attached hydrogens (tertiary/aromatic N) is 2. The first-order chi connectivity index (χ1) is 10.9. The fourth-order valence-electron chi connectivity index (χ4n) is 2.91. The van der Waals surface area contributed by atoms with Gasteiger partial charge in [0.1, 0.15) is 11.6 Å². The standard InChI is InChI=1S/C17H24N4O.2ClH/c18-9-7-16-20-15-6-2-1-5-14(15)17(21-16)19-10-3-4-13-8-11-22-12-13;;/h1-2,5-6,13H,3-4,7-12,18H2,(H,19,20,21);2*1H. The quantitative estimate of drug-likeness (QED) is 0.730. The molecule has 0 amide bonds. The molecule has 2 heterocycles. The Morgan fingerprint density at radius 2 is 2.04 bits per heavy atom. The van der Waals surface area contributed by atoms with Crippen LogP contribution in [-0.2, 0) is 11.2 Å². The molecular weight excluding hydrogens is 347 g/mol. The molecule has 1 aliphatic heterocycles. The number of nitrogens with one attached hydrogen (secondary N) is 1. The molecule has 134 valence electrons. The van der Waals surface area contributed by atoms with Crippen molar-refractivity contribution < 1.29 is 4.74 Å². The van der Waals surface area contributed by atoms with Crippen LogP contribution in [0.3, 0.4) is 0 Å². The van der Waals surface area contributed by atoms with E-state index in [4.69, 9.17) is 10.5 Å². The van der Waals surface area contributed by atoms with E-state index in [0.29, 0.717) is 13.0 Å². The van der Waals surface area contributed by atoms with E-state index in [1.807, 2.05) is 18.2 Å². The lowest BCUT2D eigenvalue weighted by Gasteiger charge is -2.12. The molecule has 1 unspecified atom stereocenters. The minimum Gasteiger partial charge on any atom is -0.381 e. The van der Waals surface area contributed by atoms with E-state index in [9.17, 15) is 0 Å². The van der Waals surface area contributed by atoms with E-state index in [0.717, 1.165) is 54.6 Å². The molecule has 2 aromatic rings. The van der Waals surface area contributed by atoms with Gasteiger partial charge in [0.25, 0.3) is 0 Å². The van der Waals surface area contributed by atoms with Crippen molar-refractivity contribution in [2.45, 2.75) is 25.7 Å². The summed E-state index contributed by atoms with van der Waals surface area (Å²) >= 11 is 0. The molecule has 3 N–H and O–H groups in total. The van der Waals surface area contributed by atoms with E-state index >= 15 is 0 Å². The molecule has 0 aliphatic carbocycles. The fourth-order valence-corrected chi connectivity index (χ4v) is 2.91. The Kier molecular flexibility index (Phi) is 9.29. The Labute approximate surface area is 155 Å². The second kappa shape index (κ2) is 10.7. The molecule has 1 saturated heterocycles. The maximum atomic E-state index is 5.63. The first kappa shape index (κ1) is 20.9. The molecule has 0 spiro atoms. The van der Waals surface area contributed by atoms with Gasteiger partial charge in [0.2, 0.25) is 0 Å². The zero-order valence-electron chi connectivity index (χ0n) is 13.7. The topological polar surface area (TPSA) is 73.1 Å². The van der Waals surface area contributed by atoms with Gasteiger partial charge in [-0.05, 0) is 43.9 Å². The maximum Gasteiger partial charge on any atom is 0.137 e. The predicted octanol–water partition coefficient (Wildman–Crippen LogP) is 3.20. The van der Waals surface area contributed by atoms with Gasteiger partial charge in [0.15, 0.2) is 0 Å². The normalized spacial score (nSPS) is 16.5. The molecule has 0 radical (unpaired) electrons. The Morgan fingerprint density at radius 1 is 1.21 bits per heavy atom. The van der Waals surface area contributed by atoms with Crippen molar-refractivity contribution in [3.05, 3.63) is 30.1 Å². The molecule has 7 heteroatoms. The summed E-state index contributed by atoms with van der Waals surface area (Å²) < 4.78 is 5.42. The Balaban J connectivity index is 0.00000144. The first-order valence-electron chi connectivity index (χ1n) is 8.14. The summed E-state index contributed by atoms with van der Waals surface area (Å²) in [7, 11) is 0. The van der Waals surface area contributed by atoms with Crippen molar-refractivity contribution >= 4 is 41.5 Å². The van der Waals surface area contributed by atoms with Crippen LogP contribution in [0, 0.1) is 5.92 Å². The molecule has 1 aliphatic rings. The second-order valence-corrected chi connectivity index (χ2v) is 5.84. The van der Waals surface area contributed by atoms with Gasteiger partial charge in [-0.25, -0.2) is 9.97 Å². The zero-order chi connectivity index (χ0) is 15.2. The van der Waals surface area contributed by atoms with Crippen molar-refractivity contribution in [3.63, 3.8) is 0 Å². The molecule has 1 fully saturated rings.